The van der Waals surface area contributed by atoms with Crippen molar-refractivity contribution in [3.05, 3.63) is 59.9 Å². The summed E-state index contributed by atoms with van der Waals surface area (Å²) >= 11 is 0. The fraction of sp³-hybridized carbons (Fsp3) is 0.381. The van der Waals surface area contributed by atoms with Crippen molar-refractivity contribution in [2.75, 3.05) is 20.7 Å². The van der Waals surface area contributed by atoms with Crippen LogP contribution >= 0.6 is 0 Å². The zero-order valence-corrected chi connectivity index (χ0v) is 15.7. The standard InChI is InChI=1S/C21H25N3O3/c1-24(12-9-15-7-10-22-11-8-15)21(26)18-13-17(18)20(25)23-14-16-5-3-4-6-19(16)27-2/h3-8,10-11,17-18H,9,12-14H2,1-2H3,(H,23,25). The maximum absolute atomic E-state index is 12.5. The smallest absolute Gasteiger partial charge is 0.226 e. The van der Waals surface area contributed by atoms with Gasteiger partial charge in [-0.1, -0.05) is 18.2 Å². The quantitative estimate of drug-likeness (QED) is 0.775. The second-order valence-electron chi connectivity index (χ2n) is 6.84. The highest BCUT2D eigenvalue weighted by molar-refractivity contribution is 5.92. The number of nitrogens with zero attached hydrogens (tertiary/aromatic N) is 2. The van der Waals surface area contributed by atoms with Crippen LogP contribution in [0.15, 0.2) is 48.8 Å². The van der Waals surface area contributed by atoms with E-state index in [-0.39, 0.29) is 23.7 Å². The minimum absolute atomic E-state index is 0.0431. The van der Waals surface area contributed by atoms with Gasteiger partial charge in [-0.3, -0.25) is 14.6 Å². The van der Waals surface area contributed by atoms with Crippen LogP contribution < -0.4 is 10.1 Å². The van der Waals surface area contributed by atoms with E-state index in [1.807, 2.05) is 36.4 Å². The van der Waals surface area contributed by atoms with Crippen molar-refractivity contribution in [3.63, 3.8) is 0 Å². The number of benzene rings is 1. The van der Waals surface area contributed by atoms with Crippen molar-refractivity contribution >= 4 is 11.8 Å². The van der Waals surface area contributed by atoms with E-state index in [1.165, 1.54) is 0 Å². The molecule has 0 aliphatic heterocycles. The van der Waals surface area contributed by atoms with Gasteiger partial charge in [0.1, 0.15) is 5.75 Å². The van der Waals surface area contributed by atoms with E-state index in [1.54, 1.807) is 31.5 Å². The first-order valence-corrected chi connectivity index (χ1v) is 9.13. The second-order valence-corrected chi connectivity index (χ2v) is 6.84. The van der Waals surface area contributed by atoms with E-state index >= 15 is 0 Å². The number of pyridine rings is 1. The summed E-state index contributed by atoms with van der Waals surface area (Å²) in [6.45, 7) is 1.03. The van der Waals surface area contributed by atoms with Gasteiger partial charge in [-0.15, -0.1) is 0 Å². The minimum Gasteiger partial charge on any atom is -0.496 e. The first kappa shape index (κ1) is 18.9. The molecule has 0 spiro atoms. The number of likely N-dealkylation sites (N-methyl/N-ethyl adjacent to an activating group) is 1. The molecule has 2 amide bonds. The average molecular weight is 367 g/mol. The molecule has 2 atom stereocenters. The van der Waals surface area contributed by atoms with Crippen molar-refractivity contribution < 1.29 is 14.3 Å². The Morgan fingerprint density at radius 3 is 2.67 bits per heavy atom. The second kappa shape index (κ2) is 8.66. The minimum atomic E-state index is -0.226. The van der Waals surface area contributed by atoms with E-state index < -0.39 is 0 Å². The van der Waals surface area contributed by atoms with Gasteiger partial charge in [-0.2, -0.15) is 0 Å². The largest absolute Gasteiger partial charge is 0.496 e. The Labute approximate surface area is 159 Å². The maximum atomic E-state index is 12.5. The molecule has 0 radical (unpaired) electrons. The topological polar surface area (TPSA) is 71.5 Å². The van der Waals surface area contributed by atoms with E-state index in [0.717, 1.165) is 23.3 Å². The highest BCUT2D eigenvalue weighted by atomic mass is 16.5. The molecule has 1 heterocycles. The summed E-state index contributed by atoms with van der Waals surface area (Å²) < 4.78 is 5.29. The predicted octanol–water partition coefficient (Wildman–Crippen LogP) is 2.04. The lowest BCUT2D eigenvalue weighted by Crippen LogP contribution is -2.32. The Balaban J connectivity index is 1.45. The molecule has 1 fully saturated rings. The van der Waals surface area contributed by atoms with Gasteiger partial charge < -0.3 is 15.0 Å². The number of para-hydroxylation sites is 1. The van der Waals surface area contributed by atoms with E-state index in [4.69, 9.17) is 4.74 Å². The molecule has 1 aromatic heterocycles. The maximum Gasteiger partial charge on any atom is 0.226 e. The van der Waals surface area contributed by atoms with Crippen molar-refractivity contribution in [3.8, 4) is 5.75 Å². The van der Waals surface area contributed by atoms with Crippen LogP contribution in [0, 0.1) is 11.8 Å². The molecule has 0 saturated heterocycles. The van der Waals surface area contributed by atoms with Gasteiger partial charge >= 0.3 is 0 Å². The normalized spacial score (nSPS) is 17.9. The highest BCUT2D eigenvalue weighted by Gasteiger charge is 2.48. The molecule has 1 N–H and O–H groups in total. The number of amides is 2. The van der Waals surface area contributed by atoms with Gasteiger partial charge in [0, 0.05) is 38.1 Å². The van der Waals surface area contributed by atoms with Crippen LogP contribution in [0.25, 0.3) is 0 Å². The molecule has 142 valence electrons. The van der Waals surface area contributed by atoms with Gasteiger partial charge in [0.15, 0.2) is 0 Å². The molecule has 0 bridgehead atoms. The van der Waals surface area contributed by atoms with Gasteiger partial charge in [0.05, 0.1) is 18.9 Å². The Bertz CT molecular complexity index is 794. The lowest BCUT2D eigenvalue weighted by molar-refractivity contribution is -0.133. The fourth-order valence-electron chi connectivity index (χ4n) is 3.16. The third-order valence-corrected chi connectivity index (χ3v) is 4.95. The number of aromatic nitrogens is 1. The number of carbonyl (C=O) groups is 2. The summed E-state index contributed by atoms with van der Waals surface area (Å²) in [6.07, 6.45) is 4.90. The van der Waals surface area contributed by atoms with Gasteiger partial charge in [0.25, 0.3) is 0 Å². The van der Waals surface area contributed by atoms with Gasteiger partial charge in [0.2, 0.25) is 11.8 Å². The monoisotopic (exact) mass is 367 g/mol. The predicted molar refractivity (Wildman–Crippen MR) is 102 cm³/mol. The lowest BCUT2D eigenvalue weighted by atomic mass is 10.2. The number of nitrogens with one attached hydrogen (secondary N) is 1. The van der Waals surface area contributed by atoms with Crippen molar-refractivity contribution in [1.29, 1.82) is 0 Å². The van der Waals surface area contributed by atoms with Crippen molar-refractivity contribution in [2.24, 2.45) is 11.8 Å². The molecule has 1 saturated carbocycles. The SMILES string of the molecule is COc1ccccc1CNC(=O)C1CC1C(=O)N(C)CCc1ccncc1. The third-order valence-electron chi connectivity index (χ3n) is 4.95. The van der Waals surface area contributed by atoms with Crippen molar-refractivity contribution in [1.82, 2.24) is 15.2 Å². The van der Waals surface area contributed by atoms with Crippen LogP contribution in [-0.4, -0.2) is 42.4 Å². The zero-order valence-electron chi connectivity index (χ0n) is 15.7. The Morgan fingerprint density at radius 1 is 1.19 bits per heavy atom. The highest BCUT2D eigenvalue weighted by Crippen LogP contribution is 2.40. The van der Waals surface area contributed by atoms with Crippen LogP contribution in [0.5, 0.6) is 5.75 Å². The van der Waals surface area contributed by atoms with Crippen LogP contribution in [0.1, 0.15) is 17.5 Å². The molecular formula is C21H25N3O3. The molecule has 2 aromatic rings. The fourth-order valence-corrected chi connectivity index (χ4v) is 3.16. The molecule has 27 heavy (non-hydrogen) atoms. The molecule has 6 nitrogen and oxygen atoms in total. The Morgan fingerprint density at radius 2 is 1.93 bits per heavy atom. The molecule has 1 aliphatic rings. The number of ether oxygens (including phenoxy) is 1. The summed E-state index contributed by atoms with van der Waals surface area (Å²) in [4.78, 5) is 30.6. The zero-order chi connectivity index (χ0) is 19.2. The third kappa shape index (κ3) is 4.84. The molecule has 3 rings (SSSR count). The molecule has 1 aromatic carbocycles. The van der Waals surface area contributed by atoms with Crippen molar-refractivity contribution in [2.45, 2.75) is 19.4 Å². The van der Waals surface area contributed by atoms with E-state index in [2.05, 4.69) is 10.3 Å². The number of hydrogen-bond acceptors (Lipinski definition) is 4. The average Bonchev–Trinajstić information content (AvgIpc) is 3.51. The number of methoxy groups -OCH3 is 1. The Kier molecular flexibility index (Phi) is 6.06. The van der Waals surface area contributed by atoms with Crippen LogP contribution in [-0.2, 0) is 22.6 Å². The van der Waals surface area contributed by atoms with Crippen LogP contribution in [0.2, 0.25) is 0 Å². The van der Waals surface area contributed by atoms with Crippen LogP contribution in [0.4, 0.5) is 0 Å². The molecule has 2 unspecified atom stereocenters. The number of rotatable bonds is 8. The first-order valence-electron chi connectivity index (χ1n) is 9.13. The van der Waals surface area contributed by atoms with Gasteiger partial charge in [-0.25, -0.2) is 0 Å². The van der Waals surface area contributed by atoms with E-state index in [0.29, 0.717) is 19.5 Å². The lowest BCUT2D eigenvalue weighted by Gasteiger charge is -2.17. The van der Waals surface area contributed by atoms with Gasteiger partial charge in [-0.05, 0) is 36.6 Å². The summed E-state index contributed by atoms with van der Waals surface area (Å²) in [5.41, 5.74) is 2.07. The first-order chi connectivity index (χ1) is 13.1. The summed E-state index contributed by atoms with van der Waals surface area (Å²) in [6, 6.07) is 11.5. The van der Waals surface area contributed by atoms with Crippen LogP contribution in [0.3, 0.4) is 0 Å². The molecule has 1 aliphatic carbocycles. The van der Waals surface area contributed by atoms with E-state index in [9.17, 15) is 9.59 Å². The molecular weight excluding hydrogens is 342 g/mol. The summed E-state index contributed by atoms with van der Waals surface area (Å²) in [5, 5.41) is 2.92. The Hall–Kier alpha value is -2.89. The summed E-state index contributed by atoms with van der Waals surface area (Å²) in [7, 11) is 3.41. The number of carbonyl (C=O) groups excluding carboxylic acids is 2. The number of hydrogen-bond donors (Lipinski definition) is 1. The molecule has 6 heteroatoms. The summed E-state index contributed by atoms with van der Waals surface area (Å²) in [5.74, 6) is 0.293.